The molecule has 0 aliphatic heterocycles. The third-order valence-corrected chi connectivity index (χ3v) is 8.21. The highest BCUT2D eigenvalue weighted by atomic mass is 16.5. The van der Waals surface area contributed by atoms with E-state index in [1.54, 1.807) is 0 Å². The largest absolute Gasteiger partial charge is 0.374 e. The van der Waals surface area contributed by atoms with Gasteiger partial charge in [-0.15, -0.1) is 0 Å². The summed E-state index contributed by atoms with van der Waals surface area (Å²) in [6.07, 6.45) is 9.24. The second-order valence-electron chi connectivity index (χ2n) is 8.92. The van der Waals surface area contributed by atoms with Crippen molar-refractivity contribution in [1.82, 2.24) is 0 Å². The number of Topliss-reactive ketones (excluding diaryl/α,β-unsaturated/α-hetero) is 1. The molecule has 0 saturated heterocycles. The van der Waals surface area contributed by atoms with Gasteiger partial charge in [-0.3, -0.25) is 9.59 Å². The van der Waals surface area contributed by atoms with Crippen molar-refractivity contribution in [1.29, 1.82) is 0 Å². The van der Waals surface area contributed by atoms with Gasteiger partial charge in [0.2, 0.25) is 0 Å². The van der Waals surface area contributed by atoms with Gasteiger partial charge < -0.3 is 4.74 Å². The molecule has 3 fully saturated rings. The molecule has 0 heterocycles. The van der Waals surface area contributed by atoms with E-state index in [0.29, 0.717) is 30.6 Å². The number of carbonyl (C=O) groups excluding carboxylic acids is 2. The van der Waals surface area contributed by atoms with E-state index in [2.05, 4.69) is 20.8 Å². The fraction of sp³-hybridized carbons (Fsp3) is 0.810. The predicted octanol–water partition coefficient (Wildman–Crippen LogP) is 4.25. The Hall–Kier alpha value is -0.960. The second-order valence-corrected chi connectivity index (χ2v) is 8.92. The van der Waals surface area contributed by atoms with Crippen LogP contribution in [0.3, 0.4) is 0 Å². The maximum atomic E-state index is 12.6. The molecule has 0 aromatic rings. The molecule has 0 amide bonds. The second kappa shape index (κ2) is 5.27. The minimum atomic E-state index is -0.179. The summed E-state index contributed by atoms with van der Waals surface area (Å²) in [5.41, 5.74) is 0.970. The number of hydrogen-bond donors (Lipinski definition) is 0. The maximum Gasteiger partial charge on any atom is 0.155 e. The predicted molar refractivity (Wildman–Crippen MR) is 92.6 cm³/mol. The SMILES string of the molecule is CCO[C@]12CCC3(C)C(=O)CCC3C1CCC1=CC(=O)CCC12C. The van der Waals surface area contributed by atoms with Crippen LogP contribution in [0, 0.1) is 22.7 Å². The summed E-state index contributed by atoms with van der Waals surface area (Å²) < 4.78 is 6.61. The van der Waals surface area contributed by atoms with Crippen molar-refractivity contribution in [3.05, 3.63) is 11.6 Å². The topological polar surface area (TPSA) is 43.4 Å². The quantitative estimate of drug-likeness (QED) is 0.760. The molecule has 4 rings (SSSR count). The van der Waals surface area contributed by atoms with Crippen LogP contribution in [-0.4, -0.2) is 23.8 Å². The minimum absolute atomic E-state index is 0.0349. The Labute approximate surface area is 145 Å². The summed E-state index contributed by atoms with van der Waals surface area (Å²) in [6.45, 7) is 7.35. The van der Waals surface area contributed by atoms with Crippen LogP contribution in [-0.2, 0) is 14.3 Å². The smallest absolute Gasteiger partial charge is 0.155 e. The van der Waals surface area contributed by atoms with Crippen LogP contribution in [0.1, 0.15) is 72.1 Å². The van der Waals surface area contributed by atoms with Crippen molar-refractivity contribution >= 4 is 11.6 Å². The fourth-order valence-electron chi connectivity index (χ4n) is 6.84. The lowest BCUT2D eigenvalue weighted by atomic mass is 9.45. The van der Waals surface area contributed by atoms with E-state index in [1.165, 1.54) is 5.57 Å². The van der Waals surface area contributed by atoms with Crippen molar-refractivity contribution < 1.29 is 14.3 Å². The third-order valence-electron chi connectivity index (χ3n) is 8.21. The standard InChI is InChI=1S/C21H30O3/c1-4-24-21-12-11-19(2)16(7-8-18(19)23)17(21)6-5-14-13-15(22)9-10-20(14,21)3/h13,16-17H,4-12H2,1-3H3/t16?,17?,19?,20?,21-/m1/s1. The molecule has 0 radical (unpaired) electrons. The summed E-state index contributed by atoms with van der Waals surface area (Å²) in [6, 6.07) is 0. The summed E-state index contributed by atoms with van der Waals surface area (Å²) in [5, 5.41) is 0. The average molecular weight is 330 g/mol. The van der Waals surface area contributed by atoms with Gasteiger partial charge in [-0.1, -0.05) is 19.4 Å². The van der Waals surface area contributed by atoms with Gasteiger partial charge in [0.05, 0.1) is 5.60 Å². The molecule has 0 bridgehead atoms. The zero-order chi connectivity index (χ0) is 17.2. The van der Waals surface area contributed by atoms with Gasteiger partial charge in [-0.05, 0) is 63.4 Å². The van der Waals surface area contributed by atoms with Crippen LogP contribution in [0.5, 0.6) is 0 Å². The van der Waals surface area contributed by atoms with Crippen LogP contribution in [0.4, 0.5) is 0 Å². The molecule has 3 nitrogen and oxygen atoms in total. The first kappa shape index (κ1) is 16.5. The number of rotatable bonds is 2. The highest BCUT2D eigenvalue weighted by molar-refractivity contribution is 5.92. The van der Waals surface area contributed by atoms with Gasteiger partial charge in [-0.2, -0.15) is 0 Å². The maximum absolute atomic E-state index is 12.6. The van der Waals surface area contributed by atoms with Gasteiger partial charge in [-0.25, -0.2) is 0 Å². The molecule has 3 heteroatoms. The molecule has 3 saturated carbocycles. The van der Waals surface area contributed by atoms with E-state index in [-0.39, 0.29) is 22.2 Å². The third kappa shape index (κ3) is 1.88. The molecule has 0 spiro atoms. The summed E-state index contributed by atoms with van der Waals surface area (Å²) in [7, 11) is 0. The van der Waals surface area contributed by atoms with E-state index in [4.69, 9.17) is 4.74 Å². The molecule has 4 unspecified atom stereocenters. The van der Waals surface area contributed by atoms with Crippen LogP contribution in [0.15, 0.2) is 11.6 Å². The molecule has 4 aliphatic carbocycles. The molecular weight excluding hydrogens is 300 g/mol. The molecule has 4 aliphatic rings. The average Bonchev–Trinajstić information content (AvgIpc) is 2.85. The Morgan fingerprint density at radius 3 is 2.54 bits per heavy atom. The lowest BCUT2D eigenvalue weighted by Crippen LogP contribution is -2.64. The number of carbonyl (C=O) groups is 2. The summed E-state index contributed by atoms with van der Waals surface area (Å²) in [4.78, 5) is 24.6. The molecule has 132 valence electrons. The first-order valence-electron chi connectivity index (χ1n) is 9.78. The molecule has 0 aromatic heterocycles. The molecule has 5 atom stereocenters. The fourth-order valence-corrected chi connectivity index (χ4v) is 6.84. The van der Waals surface area contributed by atoms with Crippen molar-refractivity contribution in [2.24, 2.45) is 22.7 Å². The van der Waals surface area contributed by atoms with E-state index in [9.17, 15) is 9.59 Å². The number of fused-ring (bicyclic) bond motifs is 5. The molecular formula is C21H30O3. The van der Waals surface area contributed by atoms with Gasteiger partial charge in [0, 0.05) is 30.3 Å². The zero-order valence-electron chi connectivity index (χ0n) is 15.3. The lowest BCUT2D eigenvalue weighted by Gasteiger charge is -2.63. The van der Waals surface area contributed by atoms with Gasteiger partial charge in [0.1, 0.15) is 5.78 Å². The Morgan fingerprint density at radius 1 is 1.04 bits per heavy atom. The monoisotopic (exact) mass is 330 g/mol. The minimum Gasteiger partial charge on any atom is -0.374 e. The Morgan fingerprint density at radius 2 is 1.79 bits per heavy atom. The van der Waals surface area contributed by atoms with Crippen LogP contribution in [0.2, 0.25) is 0 Å². The number of ether oxygens (including phenoxy) is 1. The van der Waals surface area contributed by atoms with E-state index in [1.807, 2.05) is 6.08 Å². The van der Waals surface area contributed by atoms with E-state index >= 15 is 0 Å². The van der Waals surface area contributed by atoms with E-state index < -0.39 is 0 Å². The Balaban J connectivity index is 1.81. The van der Waals surface area contributed by atoms with Gasteiger partial charge >= 0.3 is 0 Å². The Kier molecular flexibility index (Phi) is 3.62. The highest BCUT2D eigenvalue weighted by Crippen LogP contribution is 2.67. The number of hydrogen-bond acceptors (Lipinski definition) is 3. The van der Waals surface area contributed by atoms with Crippen molar-refractivity contribution in [3.8, 4) is 0 Å². The van der Waals surface area contributed by atoms with Crippen LogP contribution in [0.25, 0.3) is 0 Å². The highest BCUT2D eigenvalue weighted by Gasteiger charge is 2.66. The molecule has 24 heavy (non-hydrogen) atoms. The summed E-state index contributed by atoms with van der Waals surface area (Å²) in [5.74, 6) is 1.67. The first-order chi connectivity index (χ1) is 11.4. The summed E-state index contributed by atoms with van der Waals surface area (Å²) >= 11 is 0. The normalized spacial score (nSPS) is 47.7. The lowest BCUT2D eigenvalue weighted by molar-refractivity contribution is -0.215. The number of ketones is 2. The van der Waals surface area contributed by atoms with Crippen molar-refractivity contribution in [2.45, 2.75) is 77.7 Å². The van der Waals surface area contributed by atoms with Gasteiger partial charge in [0.25, 0.3) is 0 Å². The van der Waals surface area contributed by atoms with Crippen LogP contribution >= 0.6 is 0 Å². The van der Waals surface area contributed by atoms with Gasteiger partial charge in [0.15, 0.2) is 5.78 Å². The molecule has 0 aromatic carbocycles. The van der Waals surface area contributed by atoms with Crippen LogP contribution < -0.4 is 0 Å². The molecule has 0 N–H and O–H groups in total. The Bertz CT molecular complexity index is 621. The van der Waals surface area contributed by atoms with Crippen molar-refractivity contribution in [3.63, 3.8) is 0 Å². The van der Waals surface area contributed by atoms with Crippen molar-refractivity contribution in [2.75, 3.05) is 6.61 Å². The zero-order valence-corrected chi connectivity index (χ0v) is 15.3. The first-order valence-corrected chi connectivity index (χ1v) is 9.78. The van der Waals surface area contributed by atoms with E-state index in [0.717, 1.165) is 44.9 Å².